The number of amides is 1. The van der Waals surface area contributed by atoms with E-state index in [2.05, 4.69) is 21.6 Å². The molecule has 6 nitrogen and oxygen atoms in total. The standard InChI is InChI=1S/C21H27N3O3/c1-26-19-11-10-16(14-20(19)27-2)23-21(25)15-22-17-8-4-5-9-18(17)24-12-6-3-7-13-24/h4-5,8-11,14,22H,3,6-7,12-13,15H2,1-2H3,(H,23,25). The van der Waals surface area contributed by atoms with E-state index in [1.54, 1.807) is 32.4 Å². The average Bonchev–Trinajstić information content (AvgIpc) is 2.73. The topological polar surface area (TPSA) is 62.8 Å². The number of rotatable bonds is 7. The Kier molecular flexibility index (Phi) is 6.41. The van der Waals surface area contributed by atoms with Crippen LogP contribution in [0.4, 0.5) is 17.1 Å². The van der Waals surface area contributed by atoms with Gasteiger partial charge in [-0.3, -0.25) is 4.79 Å². The number of piperidine rings is 1. The summed E-state index contributed by atoms with van der Waals surface area (Å²) in [6.45, 7) is 2.33. The zero-order valence-electron chi connectivity index (χ0n) is 16.0. The zero-order valence-corrected chi connectivity index (χ0v) is 16.0. The normalized spacial score (nSPS) is 13.8. The van der Waals surface area contributed by atoms with Crippen molar-refractivity contribution in [3.63, 3.8) is 0 Å². The molecule has 0 unspecified atom stereocenters. The first kappa shape index (κ1) is 18.9. The Morgan fingerprint density at radius 2 is 1.74 bits per heavy atom. The van der Waals surface area contributed by atoms with Gasteiger partial charge in [0.15, 0.2) is 11.5 Å². The smallest absolute Gasteiger partial charge is 0.243 e. The van der Waals surface area contributed by atoms with E-state index in [1.807, 2.05) is 18.2 Å². The molecule has 144 valence electrons. The summed E-state index contributed by atoms with van der Waals surface area (Å²) < 4.78 is 10.5. The Bertz CT molecular complexity index is 773. The fourth-order valence-electron chi connectivity index (χ4n) is 3.33. The Morgan fingerprint density at radius 1 is 1.00 bits per heavy atom. The zero-order chi connectivity index (χ0) is 19.1. The first-order valence-corrected chi connectivity index (χ1v) is 9.31. The third-order valence-electron chi connectivity index (χ3n) is 4.71. The number of hydrogen-bond acceptors (Lipinski definition) is 5. The summed E-state index contributed by atoms with van der Waals surface area (Å²) >= 11 is 0. The first-order chi connectivity index (χ1) is 13.2. The molecule has 1 heterocycles. The predicted octanol–water partition coefficient (Wildman–Crippen LogP) is 3.74. The van der Waals surface area contributed by atoms with Crippen LogP contribution in [-0.4, -0.2) is 39.8 Å². The highest BCUT2D eigenvalue weighted by Crippen LogP contribution is 2.30. The van der Waals surface area contributed by atoms with Crippen molar-refractivity contribution in [2.45, 2.75) is 19.3 Å². The molecule has 0 spiro atoms. The lowest BCUT2D eigenvalue weighted by atomic mass is 10.1. The number of anilines is 3. The van der Waals surface area contributed by atoms with Crippen LogP contribution in [-0.2, 0) is 4.79 Å². The summed E-state index contributed by atoms with van der Waals surface area (Å²) in [6.07, 6.45) is 3.72. The molecule has 1 aliphatic heterocycles. The number of nitrogens with zero attached hydrogens (tertiary/aromatic N) is 1. The molecule has 0 atom stereocenters. The van der Waals surface area contributed by atoms with E-state index >= 15 is 0 Å². The Morgan fingerprint density at radius 3 is 2.48 bits per heavy atom. The second-order valence-electron chi connectivity index (χ2n) is 6.54. The van der Waals surface area contributed by atoms with Crippen molar-refractivity contribution in [2.75, 3.05) is 49.4 Å². The summed E-state index contributed by atoms with van der Waals surface area (Å²) in [5.74, 6) is 1.10. The van der Waals surface area contributed by atoms with Crippen molar-refractivity contribution < 1.29 is 14.3 Å². The summed E-state index contributed by atoms with van der Waals surface area (Å²) in [4.78, 5) is 14.8. The van der Waals surface area contributed by atoms with Gasteiger partial charge in [-0.05, 0) is 43.5 Å². The maximum atomic E-state index is 12.4. The molecule has 6 heteroatoms. The fourth-order valence-corrected chi connectivity index (χ4v) is 3.33. The first-order valence-electron chi connectivity index (χ1n) is 9.31. The van der Waals surface area contributed by atoms with Gasteiger partial charge in [0.1, 0.15) is 0 Å². The molecule has 1 fully saturated rings. The third-order valence-corrected chi connectivity index (χ3v) is 4.71. The van der Waals surface area contributed by atoms with Crippen molar-refractivity contribution in [3.05, 3.63) is 42.5 Å². The van der Waals surface area contributed by atoms with Gasteiger partial charge >= 0.3 is 0 Å². The van der Waals surface area contributed by atoms with Gasteiger partial charge < -0.3 is 25.0 Å². The van der Waals surface area contributed by atoms with Crippen molar-refractivity contribution in [1.29, 1.82) is 0 Å². The monoisotopic (exact) mass is 369 g/mol. The highest BCUT2D eigenvalue weighted by Gasteiger charge is 2.14. The van der Waals surface area contributed by atoms with Crippen LogP contribution in [0.2, 0.25) is 0 Å². The largest absolute Gasteiger partial charge is 0.493 e. The van der Waals surface area contributed by atoms with Gasteiger partial charge in [0.2, 0.25) is 5.91 Å². The van der Waals surface area contributed by atoms with Crippen LogP contribution in [0.15, 0.2) is 42.5 Å². The van der Waals surface area contributed by atoms with E-state index in [0.717, 1.165) is 24.5 Å². The maximum absolute atomic E-state index is 12.4. The molecule has 2 aromatic carbocycles. The summed E-state index contributed by atoms with van der Waals surface area (Å²) in [7, 11) is 3.16. The average molecular weight is 369 g/mol. The second-order valence-corrected chi connectivity index (χ2v) is 6.54. The van der Waals surface area contributed by atoms with Crippen molar-refractivity contribution in [3.8, 4) is 11.5 Å². The van der Waals surface area contributed by atoms with Gasteiger partial charge in [0.05, 0.1) is 32.1 Å². The molecular formula is C21H27N3O3. The number of para-hydroxylation sites is 2. The molecule has 1 amide bonds. The van der Waals surface area contributed by atoms with E-state index in [0.29, 0.717) is 17.2 Å². The van der Waals surface area contributed by atoms with Gasteiger partial charge in [0.25, 0.3) is 0 Å². The molecule has 0 bridgehead atoms. The van der Waals surface area contributed by atoms with Crippen molar-refractivity contribution >= 4 is 23.0 Å². The minimum Gasteiger partial charge on any atom is -0.493 e. The summed E-state index contributed by atoms with van der Waals surface area (Å²) in [5.41, 5.74) is 2.82. The van der Waals surface area contributed by atoms with Crippen LogP contribution in [0.3, 0.4) is 0 Å². The van der Waals surface area contributed by atoms with E-state index in [-0.39, 0.29) is 12.5 Å². The van der Waals surface area contributed by atoms with Gasteiger partial charge in [0, 0.05) is 24.8 Å². The molecule has 27 heavy (non-hydrogen) atoms. The van der Waals surface area contributed by atoms with Crippen LogP contribution in [0.5, 0.6) is 11.5 Å². The lowest BCUT2D eigenvalue weighted by molar-refractivity contribution is -0.114. The Labute approximate surface area is 160 Å². The Hall–Kier alpha value is -2.89. The number of benzene rings is 2. The van der Waals surface area contributed by atoms with Crippen molar-refractivity contribution in [2.24, 2.45) is 0 Å². The second kappa shape index (κ2) is 9.16. The molecule has 2 N–H and O–H groups in total. The van der Waals surface area contributed by atoms with Crippen LogP contribution in [0, 0.1) is 0 Å². The van der Waals surface area contributed by atoms with Gasteiger partial charge in [-0.25, -0.2) is 0 Å². The lowest BCUT2D eigenvalue weighted by Crippen LogP contribution is -2.30. The number of hydrogen-bond donors (Lipinski definition) is 2. The molecule has 0 aliphatic carbocycles. The van der Waals surface area contributed by atoms with Crippen LogP contribution in [0.1, 0.15) is 19.3 Å². The molecule has 0 saturated carbocycles. The van der Waals surface area contributed by atoms with Crippen molar-refractivity contribution in [1.82, 2.24) is 0 Å². The number of ether oxygens (including phenoxy) is 2. The lowest BCUT2D eigenvalue weighted by Gasteiger charge is -2.30. The highest BCUT2D eigenvalue weighted by molar-refractivity contribution is 5.94. The van der Waals surface area contributed by atoms with Gasteiger partial charge in [-0.15, -0.1) is 0 Å². The number of carbonyl (C=O) groups excluding carboxylic acids is 1. The maximum Gasteiger partial charge on any atom is 0.243 e. The summed E-state index contributed by atoms with van der Waals surface area (Å²) in [6, 6.07) is 13.5. The van der Waals surface area contributed by atoms with E-state index < -0.39 is 0 Å². The van der Waals surface area contributed by atoms with Crippen LogP contribution >= 0.6 is 0 Å². The van der Waals surface area contributed by atoms with Crippen LogP contribution < -0.4 is 25.0 Å². The molecular weight excluding hydrogens is 342 g/mol. The van der Waals surface area contributed by atoms with Gasteiger partial charge in [-0.2, -0.15) is 0 Å². The fraction of sp³-hybridized carbons (Fsp3) is 0.381. The molecule has 0 radical (unpaired) electrons. The van der Waals surface area contributed by atoms with E-state index in [4.69, 9.17) is 9.47 Å². The van der Waals surface area contributed by atoms with Crippen LogP contribution in [0.25, 0.3) is 0 Å². The number of carbonyl (C=O) groups is 1. The minimum absolute atomic E-state index is 0.115. The molecule has 1 aliphatic rings. The Balaban J connectivity index is 1.61. The van der Waals surface area contributed by atoms with E-state index in [9.17, 15) is 4.79 Å². The predicted molar refractivity (Wildman–Crippen MR) is 109 cm³/mol. The van der Waals surface area contributed by atoms with E-state index in [1.165, 1.54) is 19.3 Å². The number of nitrogens with one attached hydrogen (secondary N) is 2. The molecule has 0 aromatic heterocycles. The molecule has 2 aromatic rings. The number of methoxy groups -OCH3 is 2. The molecule has 1 saturated heterocycles. The highest BCUT2D eigenvalue weighted by atomic mass is 16.5. The van der Waals surface area contributed by atoms with Gasteiger partial charge in [-0.1, -0.05) is 12.1 Å². The SMILES string of the molecule is COc1ccc(NC(=O)CNc2ccccc2N2CCCCC2)cc1OC. The minimum atomic E-state index is -0.115. The summed E-state index contributed by atoms with van der Waals surface area (Å²) in [5, 5.41) is 6.16. The quantitative estimate of drug-likeness (QED) is 0.778. The third kappa shape index (κ3) is 4.84. The molecule has 3 rings (SSSR count).